The molecule has 0 aliphatic carbocycles. The van der Waals surface area contributed by atoms with Crippen molar-refractivity contribution >= 4 is 5.91 Å². The van der Waals surface area contributed by atoms with E-state index in [9.17, 15) is 4.79 Å². The van der Waals surface area contributed by atoms with Gasteiger partial charge in [0.15, 0.2) is 0 Å². The lowest BCUT2D eigenvalue weighted by atomic mass is 9.78. The molecule has 2 aliphatic rings. The van der Waals surface area contributed by atoms with E-state index in [0.717, 1.165) is 64.2 Å². The third-order valence-corrected chi connectivity index (χ3v) is 5.63. The first-order valence-electron chi connectivity index (χ1n) is 10.0. The molecule has 144 valence electrons. The van der Waals surface area contributed by atoms with Crippen LogP contribution < -0.4 is 4.74 Å². The van der Waals surface area contributed by atoms with Gasteiger partial charge in [0.05, 0.1) is 18.4 Å². The normalized spacial score (nSPS) is 22.6. The molecule has 0 aromatic carbocycles. The van der Waals surface area contributed by atoms with E-state index in [2.05, 4.69) is 18.8 Å². The number of ether oxygens (including phenoxy) is 2. The summed E-state index contributed by atoms with van der Waals surface area (Å²) in [5, 5.41) is 0. The second kappa shape index (κ2) is 8.85. The summed E-state index contributed by atoms with van der Waals surface area (Å²) < 4.78 is 12.0. The molecule has 1 aromatic rings. The number of pyridine rings is 1. The van der Waals surface area contributed by atoms with Crippen LogP contribution in [0.4, 0.5) is 0 Å². The fraction of sp³-hybridized carbons (Fsp3) is 0.714. The minimum atomic E-state index is -0.0220. The molecule has 0 N–H and O–H groups in total. The molecule has 0 radical (unpaired) electrons. The van der Waals surface area contributed by atoms with Crippen LogP contribution in [0.5, 0.6) is 5.75 Å². The van der Waals surface area contributed by atoms with Gasteiger partial charge in [0.2, 0.25) is 5.91 Å². The Bertz CT molecular complexity index is 568. The van der Waals surface area contributed by atoms with E-state index in [-0.39, 0.29) is 5.60 Å². The van der Waals surface area contributed by atoms with Gasteiger partial charge in [0, 0.05) is 32.3 Å². The van der Waals surface area contributed by atoms with Crippen molar-refractivity contribution in [2.75, 3.05) is 26.3 Å². The van der Waals surface area contributed by atoms with Gasteiger partial charge in [0.25, 0.3) is 0 Å². The fourth-order valence-corrected chi connectivity index (χ4v) is 4.14. The molecule has 1 spiro atoms. The third kappa shape index (κ3) is 5.19. The maximum absolute atomic E-state index is 12.3. The van der Waals surface area contributed by atoms with E-state index < -0.39 is 0 Å². The molecule has 0 bridgehead atoms. The zero-order valence-electron chi connectivity index (χ0n) is 16.2. The largest absolute Gasteiger partial charge is 0.492 e. The number of carbonyl (C=O) groups is 1. The summed E-state index contributed by atoms with van der Waals surface area (Å²) in [5.41, 5.74) is -0.0220. The minimum absolute atomic E-state index is 0.0220. The number of piperidine rings is 1. The third-order valence-electron chi connectivity index (χ3n) is 5.63. The van der Waals surface area contributed by atoms with Gasteiger partial charge in [0.1, 0.15) is 5.75 Å². The highest BCUT2D eigenvalue weighted by Crippen LogP contribution is 2.39. The maximum Gasteiger partial charge on any atom is 0.222 e. The van der Waals surface area contributed by atoms with Crippen LogP contribution in [0.15, 0.2) is 24.5 Å². The van der Waals surface area contributed by atoms with Crippen LogP contribution >= 0.6 is 0 Å². The van der Waals surface area contributed by atoms with Crippen LogP contribution in [0.25, 0.3) is 0 Å². The van der Waals surface area contributed by atoms with E-state index in [1.54, 1.807) is 12.4 Å². The molecule has 1 amide bonds. The van der Waals surface area contributed by atoms with Crippen LogP contribution in [0.2, 0.25) is 0 Å². The molecule has 5 nitrogen and oxygen atoms in total. The zero-order valence-corrected chi connectivity index (χ0v) is 16.2. The Morgan fingerprint density at radius 1 is 1.42 bits per heavy atom. The van der Waals surface area contributed by atoms with E-state index in [0.29, 0.717) is 24.2 Å². The number of hydrogen-bond acceptors (Lipinski definition) is 4. The average molecular weight is 360 g/mol. The predicted octanol–water partition coefficient (Wildman–Crippen LogP) is 3.68. The first-order valence-corrected chi connectivity index (χ1v) is 10.0. The molecular weight excluding hydrogens is 328 g/mol. The Morgan fingerprint density at radius 2 is 2.23 bits per heavy atom. The Hall–Kier alpha value is -1.62. The highest BCUT2D eigenvalue weighted by Gasteiger charge is 2.40. The SMILES string of the molecule is CC(C)CC(=O)N1CCC2(CC1)CC(CCOc1cccnc1)CCO2. The van der Waals surface area contributed by atoms with Crippen molar-refractivity contribution in [2.24, 2.45) is 11.8 Å². The van der Waals surface area contributed by atoms with Crippen LogP contribution in [0.1, 0.15) is 52.4 Å². The van der Waals surface area contributed by atoms with Gasteiger partial charge < -0.3 is 14.4 Å². The Morgan fingerprint density at radius 3 is 2.92 bits per heavy atom. The molecule has 3 heterocycles. The van der Waals surface area contributed by atoms with Gasteiger partial charge in [-0.25, -0.2) is 0 Å². The van der Waals surface area contributed by atoms with E-state index >= 15 is 0 Å². The number of nitrogens with zero attached hydrogens (tertiary/aromatic N) is 2. The van der Waals surface area contributed by atoms with Crippen molar-refractivity contribution in [1.82, 2.24) is 9.88 Å². The average Bonchev–Trinajstić information content (AvgIpc) is 2.63. The summed E-state index contributed by atoms with van der Waals surface area (Å²) in [5.74, 6) is 2.20. The van der Waals surface area contributed by atoms with E-state index in [4.69, 9.17) is 9.47 Å². The number of hydrogen-bond donors (Lipinski definition) is 0. The fourth-order valence-electron chi connectivity index (χ4n) is 4.14. The first-order chi connectivity index (χ1) is 12.6. The molecule has 26 heavy (non-hydrogen) atoms. The molecule has 3 rings (SSSR count). The van der Waals surface area contributed by atoms with Gasteiger partial charge in [-0.05, 0) is 56.1 Å². The number of aromatic nitrogens is 1. The molecule has 1 aromatic heterocycles. The topological polar surface area (TPSA) is 51.7 Å². The summed E-state index contributed by atoms with van der Waals surface area (Å²) in [6.45, 7) is 7.44. The first kappa shape index (κ1) is 19.2. The van der Waals surface area contributed by atoms with Crippen molar-refractivity contribution in [3.63, 3.8) is 0 Å². The van der Waals surface area contributed by atoms with Crippen molar-refractivity contribution in [1.29, 1.82) is 0 Å². The molecule has 2 saturated heterocycles. The highest BCUT2D eigenvalue weighted by atomic mass is 16.5. The molecule has 1 atom stereocenters. The lowest BCUT2D eigenvalue weighted by Gasteiger charge is -2.46. The molecule has 5 heteroatoms. The molecule has 0 saturated carbocycles. The van der Waals surface area contributed by atoms with Crippen molar-refractivity contribution < 1.29 is 14.3 Å². The number of rotatable bonds is 6. The van der Waals surface area contributed by atoms with Gasteiger partial charge in [-0.1, -0.05) is 13.8 Å². The summed E-state index contributed by atoms with van der Waals surface area (Å²) in [7, 11) is 0. The predicted molar refractivity (Wildman–Crippen MR) is 101 cm³/mol. The van der Waals surface area contributed by atoms with Gasteiger partial charge in [-0.2, -0.15) is 0 Å². The van der Waals surface area contributed by atoms with Crippen molar-refractivity contribution in [3.8, 4) is 5.75 Å². The lowest BCUT2D eigenvalue weighted by Crippen LogP contribution is -2.51. The molecule has 2 fully saturated rings. The van der Waals surface area contributed by atoms with Crippen LogP contribution in [-0.2, 0) is 9.53 Å². The lowest BCUT2D eigenvalue weighted by molar-refractivity contribution is -0.148. The monoisotopic (exact) mass is 360 g/mol. The van der Waals surface area contributed by atoms with Crippen molar-refractivity contribution in [3.05, 3.63) is 24.5 Å². The summed E-state index contributed by atoms with van der Waals surface area (Å²) in [4.78, 5) is 18.4. The van der Waals surface area contributed by atoms with Gasteiger partial charge in [-0.3, -0.25) is 9.78 Å². The number of amides is 1. The Balaban J connectivity index is 1.44. The Labute approximate surface area is 157 Å². The van der Waals surface area contributed by atoms with E-state index in [1.165, 1.54) is 0 Å². The summed E-state index contributed by atoms with van der Waals surface area (Å²) >= 11 is 0. The Kier molecular flexibility index (Phi) is 6.52. The molecular formula is C21H32N2O3. The summed E-state index contributed by atoms with van der Waals surface area (Å²) in [6, 6.07) is 3.84. The summed E-state index contributed by atoms with van der Waals surface area (Å²) in [6.07, 6.45) is 9.36. The van der Waals surface area contributed by atoms with E-state index in [1.807, 2.05) is 17.0 Å². The van der Waals surface area contributed by atoms with Gasteiger partial charge >= 0.3 is 0 Å². The molecule has 1 unspecified atom stereocenters. The van der Waals surface area contributed by atoms with Crippen LogP contribution in [-0.4, -0.2) is 47.7 Å². The standard InChI is InChI=1S/C21H32N2O3/c1-17(2)14-20(24)23-10-7-21(8-11-23)15-18(6-13-26-21)5-12-25-19-4-3-9-22-16-19/h3-4,9,16-18H,5-8,10-15H2,1-2H3. The van der Waals surface area contributed by atoms with Crippen molar-refractivity contribution in [2.45, 2.75) is 58.0 Å². The van der Waals surface area contributed by atoms with Crippen LogP contribution in [0.3, 0.4) is 0 Å². The quantitative estimate of drug-likeness (QED) is 0.776. The highest BCUT2D eigenvalue weighted by molar-refractivity contribution is 5.76. The number of carbonyl (C=O) groups excluding carboxylic acids is 1. The zero-order chi connectivity index (χ0) is 18.4. The maximum atomic E-state index is 12.3. The van der Waals surface area contributed by atoms with Crippen LogP contribution in [0, 0.1) is 11.8 Å². The second-order valence-corrected chi connectivity index (χ2v) is 8.19. The second-order valence-electron chi connectivity index (χ2n) is 8.19. The smallest absolute Gasteiger partial charge is 0.222 e. The minimum Gasteiger partial charge on any atom is -0.492 e. The van der Waals surface area contributed by atoms with Gasteiger partial charge in [-0.15, -0.1) is 0 Å². The molecule has 2 aliphatic heterocycles. The number of likely N-dealkylation sites (tertiary alicyclic amines) is 1.